The molecular weight excluding hydrogens is 358 g/mol. The molecule has 1 aromatic heterocycles. The van der Waals surface area contributed by atoms with Crippen LogP contribution in [0.3, 0.4) is 0 Å². The zero-order chi connectivity index (χ0) is 20.1. The van der Waals surface area contributed by atoms with Crippen molar-refractivity contribution in [3.05, 3.63) is 57.3 Å². The van der Waals surface area contributed by atoms with Crippen molar-refractivity contribution in [2.45, 2.75) is 45.1 Å². The Hall–Kier alpha value is -3.40. The number of amides is 1. The molecule has 1 aromatic carbocycles. The average molecular weight is 379 g/mol. The van der Waals surface area contributed by atoms with Crippen LogP contribution in [0.1, 0.15) is 43.4 Å². The number of furan rings is 1. The van der Waals surface area contributed by atoms with Crippen molar-refractivity contribution in [2.24, 2.45) is 0 Å². The van der Waals surface area contributed by atoms with E-state index in [1.54, 1.807) is 31.2 Å². The first-order valence-corrected chi connectivity index (χ1v) is 9.26. The van der Waals surface area contributed by atoms with Crippen LogP contribution in [0.15, 0.2) is 40.3 Å². The minimum absolute atomic E-state index is 0.00978. The van der Waals surface area contributed by atoms with Gasteiger partial charge in [-0.1, -0.05) is 31.4 Å². The first-order valence-electron chi connectivity index (χ1n) is 9.26. The van der Waals surface area contributed by atoms with Crippen molar-refractivity contribution in [3.8, 4) is 17.4 Å². The van der Waals surface area contributed by atoms with E-state index in [-0.39, 0.29) is 17.3 Å². The maximum atomic E-state index is 12.4. The topological polar surface area (TPSA) is 109 Å². The van der Waals surface area contributed by atoms with Gasteiger partial charge >= 0.3 is 0 Å². The molecule has 0 spiro atoms. The molecule has 0 atom stereocenters. The molecule has 0 aliphatic heterocycles. The van der Waals surface area contributed by atoms with Gasteiger partial charge in [-0.25, -0.2) is 0 Å². The average Bonchev–Trinajstić information content (AvgIpc) is 3.15. The minimum atomic E-state index is -0.439. The van der Waals surface area contributed by atoms with Gasteiger partial charge in [0, 0.05) is 29.3 Å². The summed E-state index contributed by atoms with van der Waals surface area (Å²) in [5.41, 5.74) is 1.10. The van der Waals surface area contributed by atoms with Crippen LogP contribution in [0.4, 0.5) is 5.69 Å². The molecule has 0 radical (unpaired) electrons. The Balaban J connectivity index is 1.78. The number of nitriles is 1. The lowest BCUT2D eigenvalue weighted by atomic mass is 9.95. The fraction of sp³-hybridized carbons (Fsp3) is 0.333. The quantitative estimate of drug-likeness (QED) is 0.355. The summed E-state index contributed by atoms with van der Waals surface area (Å²) in [6.45, 7) is 1.67. The molecule has 0 bridgehead atoms. The molecule has 2 aromatic rings. The Kier molecular flexibility index (Phi) is 5.90. The van der Waals surface area contributed by atoms with Crippen molar-refractivity contribution in [1.82, 2.24) is 5.32 Å². The number of aryl methyl sites for hydroxylation is 1. The summed E-state index contributed by atoms with van der Waals surface area (Å²) in [5, 5.41) is 23.4. The number of carbonyl (C=O) groups is 1. The number of nitro groups is 1. The number of nitrogens with one attached hydrogen (secondary N) is 1. The molecule has 1 aliphatic rings. The molecule has 3 rings (SSSR count). The second-order valence-electron chi connectivity index (χ2n) is 6.94. The Morgan fingerprint density at radius 2 is 2.04 bits per heavy atom. The van der Waals surface area contributed by atoms with Gasteiger partial charge in [0.15, 0.2) is 0 Å². The first-order chi connectivity index (χ1) is 13.5. The van der Waals surface area contributed by atoms with Crippen LogP contribution in [0.25, 0.3) is 17.4 Å². The third-order valence-corrected chi connectivity index (χ3v) is 4.91. The number of hydrogen-bond acceptors (Lipinski definition) is 5. The summed E-state index contributed by atoms with van der Waals surface area (Å²) < 4.78 is 5.69. The summed E-state index contributed by atoms with van der Waals surface area (Å²) in [4.78, 5) is 23.0. The lowest BCUT2D eigenvalue weighted by Crippen LogP contribution is -2.36. The van der Waals surface area contributed by atoms with Crippen LogP contribution < -0.4 is 5.32 Å². The van der Waals surface area contributed by atoms with Crippen LogP contribution >= 0.6 is 0 Å². The van der Waals surface area contributed by atoms with Gasteiger partial charge < -0.3 is 9.73 Å². The van der Waals surface area contributed by atoms with E-state index in [1.807, 2.05) is 6.07 Å². The Labute approximate surface area is 162 Å². The minimum Gasteiger partial charge on any atom is -0.457 e. The highest BCUT2D eigenvalue weighted by Crippen LogP contribution is 2.29. The van der Waals surface area contributed by atoms with E-state index in [0.717, 1.165) is 25.7 Å². The summed E-state index contributed by atoms with van der Waals surface area (Å²) in [7, 11) is 0. The Morgan fingerprint density at radius 1 is 1.29 bits per heavy atom. The van der Waals surface area contributed by atoms with Gasteiger partial charge in [0.05, 0.1) is 4.92 Å². The molecule has 1 heterocycles. The lowest BCUT2D eigenvalue weighted by Gasteiger charge is -2.22. The predicted molar refractivity (Wildman–Crippen MR) is 104 cm³/mol. The van der Waals surface area contributed by atoms with Crippen LogP contribution in [-0.2, 0) is 4.79 Å². The van der Waals surface area contributed by atoms with Gasteiger partial charge in [0.2, 0.25) is 0 Å². The zero-order valence-corrected chi connectivity index (χ0v) is 15.6. The molecule has 1 aliphatic carbocycles. The summed E-state index contributed by atoms with van der Waals surface area (Å²) in [5.74, 6) is 0.367. The highest BCUT2D eigenvalue weighted by molar-refractivity contribution is 6.01. The largest absolute Gasteiger partial charge is 0.457 e. The number of nitro benzene ring substituents is 1. The third-order valence-electron chi connectivity index (χ3n) is 4.91. The molecule has 0 saturated heterocycles. The normalized spacial score (nSPS) is 15.1. The molecule has 1 amide bonds. The van der Waals surface area contributed by atoms with Crippen LogP contribution in [0.5, 0.6) is 0 Å². The maximum absolute atomic E-state index is 12.4. The van der Waals surface area contributed by atoms with E-state index < -0.39 is 10.8 Å². The van der Waals surface area contributed by atoms with E-state index in [0.29, 0.717) is 22.6 Å². The van der Waals surface area contributed by atoms with Gasteiger partial charge in [0.25, 0.3) is 11.6 Å². The van der Waals surface area contributed by atoms with Crippen LogP contribution in [0.2, 0.25) is 0 Å². The van der Waals surface area contributed by atoms with E-state index in [2.05, 4.69) is 5.32 Å². The fourth-order valence-electron chi connectivity index (χ4n) is 3.35. The number of carbonyl (C=O) groups excluding carboxylic acids is 1. The molecule has 1 N–H and O–H groups in total. The molecule has 1 saturated carbocycles. The second-order valence-corrected chi connectivity index (χ2v) is 6.94. The van der Waals surface area contributed by atoms with Crippen molar-refractivity contribution < 1.29 is 14.1 Å². The first kappa shape index (κ1) is 19.4. The highest BCUT2D eigenvalue weighted by atomic mass is 16.6. The smallest absolute Gasteiger partial charge is 0.273 e. The number of hydrogen-bond donors (Lipinski definition) is 1. The molecule has 28 heavy (non-hydrogen) atoms. The molecule has 7 nitrogen and oxygen atoms in total. The molecule has 1 fully saturated rings. The molecular formula is C21H21N3O4. The summed E-state index contributed by atoms with van der Waals surface area (Å²) in [6, 6.07) is 10.2. The van der Waals surface area contributed by atoms with Gasteiger partial charge in [-0.3, -0.25) is 14.9 Å². The lowest BCUT2D eigenvalue weighted by molar-refractivity contribution is -0.385. The van der Waals surface area contributed by atoms with Crippen LogP contribution in [0, 0.1) is 28.4 Å². The van der Waals surface area contributed by atoms with E-state index in [1.165, 1.54) is 18.6 Å². The fourth-order valence-corrected chi connectivity index (χ4v) is 3.35. The monoisotopic (exact) mass is 379 g/mol. The van der Waals surface area contributed by atoms with Crippen molar-refractivity contribution in [1.29, 1.82) is 5.26 Å². The number of benzene rings is 1. The van der Waals surface area contributed by atoms with E-state index in [4.69, 9.17) is 4.42 Å². The van der Waals surface area contributed by atoms with E-state index >= 15 is 0 Å². The third kappa shape index (κ3) is 4.46. The number of nitrogens with zero attached hydrogens (tertiary/aromatic N) is 2. The highest BCUT2D eigenvalue weighted by Gasteiger charge is 2.19. The summed E-state index contributed by atoms with van der Waals surface area (Å²) in [6.07, 6.45) is 6.61. The Morgan fingerprint density at radius 3 is 2.71 bits per heavy atom. The SMILES string of the molecule is Cc1ccc(-c2ccc(/C=C(\C#N)C(=O)NC3CCCCC3)o2)cc1[N+](=O)[O-]. The number of rotatable bonds is 5. The van der Waals surface area contributed by atoms with Crippen molar-refractivity contribution in [2.75, 3.05) is 0 Å². The van der Waals surface area contributed by atoms with Gasteiger partial charge in [0.1, 0.15) is 23.2 Å². The van der Waals surface area contributed by atoms with E-state index in [9.17, 15) is 20.2 Å². The predicted octanol–water partition coefficient (Wildman–Crippen LogP) is 4.52. The van der Waals surface area contributed by atoms with Crippen molar-refractivity contribution in [3.63, 3.8) is 0 Å². The zero-order valence-electron chi connectivity index (χ0n) is 15.6. The maximum Gasteiger partial charge on any atom is 0.273 e. The summed E-state index contributed by atoms with van der Waals surface area (Å²) >= 11 is 0. The van der Waals surface area contributed by atoms with Crippen molar-refractivity contribution >= 4 is 17.7 Å². The van der Waals surface area contributed by atoms with Gasteiger partial charge in [-0.15, -0.1) is 0 Å². The molecule has 7 heteroatoms. The van der Waals surface area contributed by atoms with Crippen LogP contribution in [-0.4, -0.2) is 16.9 Å². The molecule has 144 valence electrons. The van der Waals surface area contributed by atoms with Gasteiger partial charge in [-0.2, -0.15) is 5.26 Å². The standard InChI is InChI=1S/C21H21N3O4/c1-14-7-8-15(12-19(14)24(26)27)20-10-9-18(28-20)11-16(13-22)21(25)23-17-5-3-2-4-6-17/h7-12,17H,2-6H2,1H3,(H,23,25)/b16-11+. The molecule has 0 unspecified atom stereocenters. The Bertz CT molecular complexity index is 962. The van der Waals surface area contributed by atoms with Gasteiger partial charge in [-0.05, 0) is 31.9 Å². The second kappa shape index (κ2) is 8.53.